The molecule has 0 fully saturated rings. The van der Waals surface area contributed by atoms with Crippen molar-refractivity contribution in [3.05, 3.63) is 101 Å². The highest BCUT2D eigenvalue weighted by Gasteiger charge is 2.31. The minimum absolute atomic E-state index is 0.0319. The quantitative estimate of drug-likeness (QED) is 0.270. The molecule has 1 N–H and O–H groups in total. The maximum Gasteiger partial charge on any atom is 0.243 e. The Morgan fingerprint density at radius 1 is 0.952 bits per heavy atom. The molecule has 0 aliphatic carbocycles. The summed E-state index contributed by atoms with van der Waals surface area (Å²) >= 11 is 0. The number of nitrogens with zero attached hydrogens (tertiary/aromatic N) is 2. The van der Waals surface area contributed by atoms with Crippen LogP contribution in [0.15, 0.2) is 72.8 Å². The molecular formula is C32H39F2N3O4S. The Morgan fingerprint density at radius 2 is 1.62 bits per heavy atom. The molecule has 2 atom stereocenters. The van der Waals surface area contributed by atoms with Gasteiger partial charge in [-0.2, -0.15) is 0 Å². The summed E-state index contributed by atoms with van der Waals surface area (Å²) in [5, 5.41) is 3.02. The van der Waals surface area contributed by atoms with E-state index in [-0.39, 0.29) is 49.5 Å². The Labute approximate surface area is 247 Å². The van der Waals surface area contributed by atoms with Crippen LogP contribution in [0.5, 0.6) is 0 Å². The lowest BCUT2D eigenvalue weighted by Crippen LogP contribution is -2.52. The smallest absolute Gasteiger partial charge is 0.243 e. The van der Waals surface area contributed by atoms with Crippen molar-refractivity contribution >= 4 is 27.5 Å². The molecule has 10 heteroatoms. The lowest BCUT2D eigenvalue weighted by atomic mass is 10.0. The third-order valence-corrected chi connectivity index (χ3v) is 8.41. The maximum atomic E-state index is 13.9. The molecule has 0 aromatic heterocycles. The number of halogens is 2. The molecule has 0 unspecified atom stereocenters. The average molecular weight is 600 g/mol. The van der Waals surface area contributed by atoms with Crippen LogP contribution in [0.2, 0.25) is 0 Å². The van der Waals surface area contributed by atoms with Crippen LogP contribution in [-0.2, 0) is 32.6 Å². The fraction of sp³-hybridized carbons (Fsp3) is 0.375. The third-order valence-electron chi connectivity index (χ3n) is 7.22. The summed E-state index contributed by atoms with van der Waals surface area (Å²) < 4.78 is 53.3. The number of rotatable bonds is 14. The first-order chi connectivity index (χ1) is 19.9. The van der Waals surface area contributed by atoms with Crippen molar-refractivity contribution in [2.24, 2.45) is 0 Å². The summed E-state index contributed by atoms with van der Waals surface area (Å²) in [4.78, 5) is 29.1. The van der Waals surface area contributed by atoms with Gasteiger partial charge in [-0.3, -0.25) is 13.9 Å². The first-order valence-corrected chi connectivity index (χ1v) is 15.9. The lowest BCUT2D eigenvalue weighted by Gasteiger charge is -2.33. The normalized spacial score (nSPS) is 12.8. The molecule has 0 saturated carbocycles. The second-order valence-corrected chi connectivity index (χ2v) is 12.4. The maximum absolute atomic E-state index is 13.9. The van der Waals surface area contributed by atoms with Crippen LogP contribution in [-0.4, -0.2) is 50.0 Å². The molecule has 0 saturated heterocycles. The van der Waals surface area contributed by atoms with Gasteiger partial charge in [0, 0.05) is 38.0 Å². The summed E-state index contributed by atoms with van der Waals surface area (Å²) in [5.74, 6) is -2.85. The van der Waals surface area contributed by atoms with Crippen LogP contribution in [0.4, 0.5) is 14.5 Å². The summed E-state index contributed by atoms with van der Waals surface area (Å²) in [7, 11) is -3.85. The first kappa shape index (κ1) is 32.7. The predicted octanol–water partition coefficient (Wildman–Crippen LogP) is 5.37. The van der Waals surface area contributed by atoms with E-state index in [2.05, 4.69) is 5.32 Å². The van der Waals surface area contributed by atoms with Gasteiger partial charge in [0.25, 0.3) is 0 Å². The van der Waals surface area contributed by atoms with Gasteiger partial charge in [-0.1, -0.05) is 61.5 Å². The van der Waals surface area contributed by atoms with Gasteiger partial charge in [-0.25, -0.2) is 17.2 Å². The van der Waals surface area contributed by atoms with Crippen molar-refractivity contribution in [2.45, 2.75) is 65.1 Å². The number of carbonyl (C=O) groups is 2. The van der Waals surface area contributed by atoms with Crippen molar-refractivity contribution in [3.63, 3.8) is 0 Å². The van der Waals surface area contributed by atoms with Gasteiger partial charge in [0.1, 0.15) is 6.04 Å². The SMILES string of the molecule is CC[C@@H](C)NC(=O)[C@H](Cc1ccccc1)N(Cc1ccccc1C)C(=O)CCCN(c1ccc(F)c(F)c1)S(C)(=O)=O. The van der Waals surface area contributed by atoms with Crippen LogP contribution in [0.1, 0.15) is 49.8 Å². The zero-order chi connectivity index (χ0) is 30.9. The van der Waals surface area contributed by atoms with Gasteiger partial charge in [0.15, 0.2) is 11.6 Å². The fourth-order valence-electron chi connectivity index (χ4n) is 4.61. The van der Waals surface area contributed by atoms with E-state index >= 15 is 0 Å². The van der Waals surface area contributed by atoms with Crippen LogP contribution in [0.25, 0.3) is 0 Å². The van der Waals surface area contributed by atoms with E-state index in [0.29, 0.717) is 6.42 Å². The Hall–Kier alpha value is -3.79. The molecule has 7 nitrogen and oxygen atoms in total. The fourth-order valence-corrected chi connectivity index (χ4v) is 5.57. The van der Waals surface area contributed by atoms with E-state index in [9.17, 15) is 26.8 Å². The Bertz CT molecular complexity index is 1470. The molecule has 0 aliphatic rings. The molecular weight excluding hydrogens is 560 g/mol. The van der Waals surface area contributed by atoms with Gasteiger partial charge in [-0.05, 0) is 55.5 Å². The molecule has 0 aliphatic heterocycles. The number of sulfonamides is 1. The second kappa shape index (κ2) is 14.9. The van der Waals surface area contributed by atoms with Gasteiger partial charge in [0.2, 0.25) is 21.8 Å². The van der Waals surface area contributed by atoms with E-state index in [4.69, 9.17) is 0 Å². The number of benzene rings is 3. The first-order valence-electron chi connectivity index (χ1n) is 14.0. The van der Waals surface area contributed by atoms with Gasteiger partial charge in [0.05, 0.1) is 11.9 Å². The number of hydrogen-bond donors (Lipinski definition) is 1. The molecule has 3 aromatic rings. The molecule has 0 radical (unpaired) electrons. The van der Waals surface area contributed by atoms with E-state index in [1.165, 1.54) is 6.07 Å². The minimum atomic E-state index is -3.85. The van der Waals surface area contributed by atoms with Crippen LogP contribution in [0, 0.1) is 18.6 Å². The number of carbonyl (C=O) groups excluding carboxylic acids is 2. The van der Waals surface area contributed by atoms with Gasteiger partial charge < -0.3 is 10.2 Å². The highest BCUT2D eigenvalue weighted by atomic mass is 32.2. The summed E-state index contributed by atoms with van der Waals surface area (Å²) in [6.45, 7) is 5.87. The van der Waals surface area contributed by atoms with Gasteiger partial charge >= 0.3 is 0 Å². The van der Waals surface area contributed by atoms with Crippen molar-refractivity contribution in [2.75, 3.05) is 17.1 Å². The number of hydrogen-bond acceptors (Lipinski definition) is 4. The van der Waals surface area contributed by atoms with E-state index in [1.807, 2.05) is 75.4 Å². The highest BCUT2D eigenvalue weighted by Crippen LogP contribution is 2.23. The minimum Gasteiger partial charge on any atom is -0.352 e. The number of amides is 2. The van der Waals surface area contributed by atoms with Crippen molar-refractivity contribution in [1.82, 2.24) is 10.2 Å². The molecule has 226 valence electrons. The zero-order valence-corrected chi connectivity index (χ0v) is 25.3. The second-order valence-electron chi connectivity index (χ2n) is 10.5. The van der Waals surface area contributed by atoms with E-state index < -0.39 is 27.7 Å². The van der Waals surface area contributed by atoms with Crippen molar-refractivity contribution < 1.29 is 26.8 Å². The topological polar surface area (TPSA) is 86.8 Å². The number of aryl methyl sites for hydroxylation is 1. The molecule has 3 rings (SSSR count). The summed E-state index contributed by atoms with van der Waals surface area (Å²) in [6, 6.07) is 19.0. The van der Waals surface area contributed by atoms with Crippen LogP contribution >= 0.6 is 0 Å². The average Bonchev–Trinajstić information content (AvgIpc) is 2.95. The van der Waals surface area contributed by atoms with Crippen molar-refractivity contribution in [1.29, 1.82) is 0 Å². The molecule has 2 amide bonds. The van der Waals surface area contributed by atoms with Crippen LogP contribution < -0.4 is 9.62 Å². The number of nitrogens with one attached hydrogen (secondary N) is 1. The monoisotopic (exact) mass is 599 g/mol. The van der Waals surface area contributed by atoms with Crippen LogP contribution in [0.3, 0.4) is 0 Å². The third kappa shape index (κ3) is 9.11. The Morgan fingerprint density at radius 3 is 2.24 bits per heavy atom. The van der Waals surface area contributed by atoms with Gasteiger partial charge in [-0.15, -0.1) is 0 Å². The summed E-state index contributed by atoms with van der Waals surface area (Å²) in [5.41, 5.74) is 2.72. The van der Waals surface area contributed by atoms with Crippen molar-refractivity contribution in [3.8, 4) is 0 Å². The molecule has 42 heavy (non-hydrogen) atoms. The van der Waals surface area contributed by atoms with E-state index in [0.717, 1.165) is 45.8 Å². The number of anilines is 1. The molecule has 0 heterocycles. The Kier molecular flexibility index (Phi) is 11.6. The zero-order valence-electron chi connectivity index (χ0n) is 24.5. The molecule has 3 aromatic carbocycles. The standard InChI is InChI=1S/C32H39F2N3O4S/c1-5-24(3)35-32(39)30(20-25-13-7-6-8-14-25)36(22-26-15-10-9-12-23(26)2)31(38)16-11-19-37(42(4,40)41)27-17-18-28(33)29(34)21-27/h6-10,12-15,17-18,21,24,30H,5,11,16,19-20,22H2,1-4H3,(H,35,39)/t24-,30+/m1/s1. The molecule has 0 bridgehead atoms. The molecule has 0 spiro atoms. The largest absolute Gasteiger partial charge is 0.352 e. The lowest BCUT2D eigenvalue weighted by molar-refractivity contribution is -0.141. The van der Waals surface area contributed by atoms with E-state index in [1.54, 1.807) is 4.90 Å². The highest BCUT2D eigenvalue weighted by molar-refractivity contribution is 7.92. The predicted molar refractivity (Wildman–Crippen MR) is 161 cm³/mol. The Balaban J connectivity index is 1.91. The summed E-state index contributed by atoms with van der Waals surface area (Å²) in [6.07, 6.45) is 2.02.